The summed E-state index contributed by atoms with van der Waals surface area (Å²) in [6.45, 7) is 1.45. The van der Waals surface area contributed by atoms with Gasteiger partial charge >= 0.3 is 18.3 Å². The lowest BCUT2D eigenvalue weighted by Crippen LogP contribution is -2.36. The van der Waals surface area contributed by atoms with Crippen LogP contribution in [0.2, 0.25) is 10.0 Å². The number of carbonyl (C=O) groups is 2. The Hall–Kier alpha value is -5.94. The third-order valence-corrected chi connectivity index (χ3v) is 10.2. The first-order chi connectivity index (χ1) is 28.9. The van der Waals surface area contributed by atoms with E-state index in [0.717, 1.165) is 60.7 Å². The van der Waals surface area contributed by atoms with Crippen LogP contribution in [0.3, 0.4) is 0 Å². The van der Waals surface area contributed by atoms with Gasteiger partial charge in [0, 0.05) is 13.1 Å². The first-order valence-electron chi connectivity index (χ1n) is 18.5. The van der Waals surface area contributed by atoms with Crippen molar-refractivity contribution in [1.82, 2.24) is 19.6 Å². The van der Waals surface area contributed by atoms with Crippen LogP contribution < -0.4 is 10.2 Å². The molecule has 2 aromatic heterocycles. The number of fused-ring (bicyclic) bond motifs is 2. The van der Waals surface area contributed by atoms with Gasteiger partial charge in [0.15, 0.2) is 0 Å². The predicted octanol–water partition coefficient (Wildman–Crippen LogP) is 10.6. The van der Waals surface area contributed by atoms with Gasteiger partial charge in [-0.2, -0.15) is 36.5 Å². The van der Waals surface area contributed by atoms with Gasteiger partial charge in [-0.25, -0.2) is 18.1 Å². The van der Waals surface area contributed by atoms with Crippen molar-refractivity contribution in [2.75, 3.05) is 23.3 Å². The van der Waals surface area contributed by atoms with Gasteiger partial charge < -0.3 is 15.3 Å². The van der Waals surface area contributed by atoms with Gasteiger partial charge in [0.25, 0.3) is 0 Å². The summed E-state index contributed by atoms with van der Waals surface area (Å²) in [5, 5.41) is 19.5. The van der Waals surface area contributed by atoms with E-state index in [1.165, 1.54) is 47.0 Å². The molecular weight excluding hydrogens is 859 g/mol. The van der Waals surface area contributed by atoms with Gasteiger partial charge in [-0.15, -0.1) is 0 Å². The Morgan fingerprint density at radius 3 is 1.69 bits per heavy atom. The van der Waals surface area contributed by atoms with Crippen LogP contribution in [0.4, 0.5) is 46.5 Å². The molecule has 6 aromatic rings. The van der Waals surface area contributed by atoms with Gasteiger partial charge in [0.2, 0.25) is 5.91 Å². The maximum Gasteiger partial charge on any atom is 0.417 e. The second kappa shape index (κ2) is 18.8. The molecule has 4 aromatic carbocycles. The highest BCUT2D eigenvalue weighted by Gasteiger charge is 2.35. The highest BCUT2D eigenvalue weighted by atomic mass is 35.5. The number of anilines is 2. The quantitative estimate of drug-likeness (QED) is 0.161. The minimum absolute atomic E-state index is 0.0687. The Bertz CT molecular complexity index is 2500. The molecule has 9 nitrogen and oxygen atoms in total. The van der Waals surface area contributed by atoms with E-state index in [0.29, 0.717) is 30.8 Å². The molecule has 19 heteroatoms. The molecule has 0 spiro atoms. The molecule has 0 radical (unpaired) electrons. The van der Waals surface area contributed by atoms with Crippen molar-refractivity contribution >= 4 is 46.5 Å². The number of hydrogen-bond acceptors (Lipinski definition) is 5. The maximum absolute atomic E-state index is 13.2. The lowest BCUT2D eigenvalue weighted by molar-refractivity contribution is -0.138. The van der Waals surface area contributed by atoms with Gasteiger partial charge in [-0.1, -0.05) is 35.3 Å². The van der Waals surface area contributed by atoms with E-state index in [9.17, 15) is 44.7 Å². The summed E-state index contributed by atoms with van der Waals surface area (Å²) >= 11 is 11.0. The first kappa shape index (κ1) is 44.6. The summed E-state index contributed by atoms with van der Waals surface area (Å²) in [5.41, 5.74) is 3.59. The standard InChI is InChI=1S/C21H16ClF4N3O.C12H12FN3.C9H6ClF3O2/c22-17-8-3-13(10-16(17)21(24,25)26)11-20(30)28-9-1-2-18-19(28)12-27-29(18)15-6-4-14(23)5-7-15;13-9-3-5-10(6-4-9)16-12-2-1-7-14-11(12)8-15-16;10-7-2-1-5(4-8(14)15)3-6(7)9(11,12)13/h3-8,10,12H,1-2,9,11H2;3-6,8,14H,1-2,7H2;1-3H,4H2,(H,14,15). The fraction of sp³-hybridized carbons (Fsp3) is 0.238. The molecule has 1 amide bonds. The van der Waals surface area contributed by atoms with Crippen LogP contribution in [-0.2, 0) is 47.6 Å². The Labute approximate surface area is 353 Å². The first-order valence-corrected chi connectivity index (χ1v) is 19.3. The number of aromatic nitrogens is 4. The van der Waals surface area contributed by atoms with Gasteiger partial charge in [0.1, 0.15) is 11.6 Å². The average molecular weight is 894 g/mol. The van der Waals surface area contributed by atoms with Crippen LogP contribution in [0.25, 0.3) is 11.4 Å². The topological polar surface area (TPSA) is 105 Å². The van der Waals surface area contributed by atoms with Crippen molar-refractivity contribution in [3.8, 4) is 11.4 Å². The largest absolute Gasteiger partial charge is 0.481 e. The molecule has 0 aliphatic carbocycles. The summed E-state index contributed by atoms with van der Waals surface area (Å²) in [7, 11) is 0. The second-order valence-electron chi connectivity index (χ2n) is 13.8. The monoisotopic (exact) mass is 892 g/mol. The van der Waals surface area contributed by atoms with Gasteiger partial charge in [-0.3, -0.25) is 9.59 Å². The SMILES string of the molecule is Fc1ccc(-n2ncc3c2CCCN3)cc1.O=C(Cc1ccc(Cl)c(C(F)(F)F)c1)N1CCCc2c1cnn2-c1ccc(F)cc1.O=C(O)Cc1ccc(Cl)c(C(F)(F)F)c1. The van der Waals surface area contributed by atoms with Crippen LogP contribution >= 0.6 is 23.2 Å². The Kier molecular flexibility index (Phi) is 13.7. The molecule has 0 unspecified atom stereocenters. The van der Waals surface area contributed by atoms with E-state index in [2.05, 4.69) is 15.5 Å². The van der Waals surface area contributed by atoms with Crippen molar-refractivity contribution in [3.63, 3.8) is 0 Å². The number of amides is 1. The molecule has 2 aliphatic heterocycles. The molecule has 2 aliphatic rings. The zero-order chi connectivity index (χ0) is 44.1. The van der Waals surface area contributed by atoms with Gasteiger partial charge in [-0.05, 0) is 110 Å². The van der Waals surface area contributed by atoms with Crippen LogP contribution in [0.5, 0.6) is 0 Å². The van der Waals surface area contributed by atoms with E-state index < -0.39 is 45.9 Å². The lowest BCUT2D eigenvalue weighted by Gasteiger charge is -2.27. The summed E-state index contributed by atoms with van der Waals surface area (Å²) in [4.78, 5) is 24.7. The molecular formula is C42H34Cl2F8N6O3. The molecule has 0 saturated carbocycles. The normalized spacial score (nSPS) is 13.4. The van der Waals surface area contributed by atoms with E-state index >= 15 is 0 Å². The van der Waals surface area contributed by atoms with Crippen molar-refractivity contribution in [1.29, 1.82) is 0 Å². The summed E-state index contributed by atoms with van der Waals surface area (Å²) in [5.74, 6) is -2.10. The second-order valence-corrected chi connectivity index (χ2v) is 14.6. The predicted molar refractivity (Wildman–Crippen MR) is 212 cm³/mol. The number of hydrogen-bond donors (Lipinski definition) is 2. The Morgan fingerprint density at radius 2 is 1.16 bits per heavy atom. The minimum Gasteiger partial charge on any atom is -0.481 e. The number of carbonyl (C=O) groups excluding carboxylic acids is 1. The third kappa shape index (κ3) is 11.1. The van der Waals surface area contributed by atoms with Crippen LogP contribution in [0, 0.1) is 11.6 Å². The number of nitrogens with one attached hydrogen (secondary N) is 1. The molecule has 2 N–H and O–H groups in total. The number of alkyl halides is 6. The van der Waals surface area contributed by atoms with E-state index in [1.807, 2.05) is 10.9 Å². The summed E-state index contributed by atoms with van der Waals surface area (Å²) in [6.07, 6.45) is -2.94. The maximum atomic E-state index is 13.2. The number of benzene rings is 4. The van der Waals surface area contributed by atoms with Crippen molar-refractivity contribution in [2.24, 2.45) is 0 Å². The minimum atomic E-state index is -4.59. The number of aliphatic carboxylic acids is 1. The highest BCUT2D eigenvalue weighted by molar-refractivity contribution is 6.31. The van der Waals surface area contributed by atoms with Crippen LogP contribution in [0.15, 0.2) is 97.3 Å². The van der Waals surface area contributed by atoms with Crippen LogP contribution in [0.1, 0.15) is 46.5 Å². The van der Waals surface area contributed by atoms with Gasteiger partial charge in [0.05, 0.1) is 80.5 Å². The highest BCUT2D eigenvalue weighted by Crippen LogP contribution is 2.37. The van der Waals surface area contributed by atoms with E-state index in [-0.39, 0.29) is 35.1 Å². The summed E-state index contributed by atoms with van der Waals surface area (Å²) in [6, 6.07) is 18.8. The Balaban J connectivity index is 0.000000169. The van der Waals surface area contributed by atoms with Crippen molar-refractivity contribution in [3.05, 3.63) is 153 Å². The van der Waals surface area contributed by atoms with Crippen molar-refractivity contribution < 1.29 is 49.8 Å². The van der Waals surface area contributed by atoms with E-state index in [1.54, 1.807) is 35.1 Å². The number of carboxylic acids is 1. The number of rotatable bonds is 6. The van der Waals surface area contributed by atoms with Crippen molar-refractivity contribution in [2.45, 2.75) is 50.9 Å². The Morgan fingerprint density at radius 1 is 0.672 bits per heavy atom. The molecule has 0 bridgehead atoms. The number of carboxylic acid groups (broad SMARTS) is 1. The smallest absolute Gasteiger partial charge is 0.417 e. The molecule has 8 rings (SSSR count). The number of nitrogens with zero attached hydrogens (tertiary/aromatic N) is 5. The molecule has 4 heterocycles. The molecule has 320 valence electrons. The molecule has 0 saturated heterocycles. The fourth-order valence-electron chi connectivity index (χ4n) is 6.70. The summed E-state index contributed by atoms with van der Waals surface area (Å²) < 4.78 is 106. The average Bonchev–Trinajstić information content (AvgIpc) is 3.85. The molecule has 0 atom stereocenters. The molecule has 0 fully saturated rings. The fourth-order valence-corrected chi connectivity index (χ4v) is 7.15. The zero-order valence-electron chi connectivity index (χ0n) is 31.7. The zero-order valence-corrected chi connectivity index (χ0v) is 33.2. The number of halogens is 10. The van der Waals surface area contributed by atoms with Crippen LogP contribution in [-0.4, -0.2) is 49.6 Å². The lowest BCUT2D eigenvalue weighted by atomic mass is 10.0. The molecule has 61 heavy (non-hydrogen) atoms. The van der Waals surface area contributed by atoms with E-state index in [4.69, 9.17) is 28.3 Å². The third-order valence-electron chi connectivity index (χ3n) is 9.53.